The predicted molar refractivity (Wildman–Crippen MR) is 121 cm³/mol. The molecule has 0 unspecified atom stereocenters. The Labute approximate surface area is 188 Å². The number of nitrogens with one attached hydrogen (secondary N) is 2. The van der Waals surface area contributed by atoms with Crippen molar-refractivity contribution in [1.29, 1.82) is 0 Å². The molecule has 33 heavy (non-hydrogen) atoms. The molecule has 1 atom stereocenters. The Morgan fingerprint density at radius 1 is 1.00 bits per heavy atom. The Bertz CT molecular complexity index is 1350. The van der Waals surface area contributed by atoms with Crippen LogP contribution in [0.4, 0.5) is 16.1 Å². The zero-order valence-corrected chi connectivity index (χ0v) is 17.4. The van der Waals surface area contributed by atoms with Crippen LogP contribution >= 0.6 is 0 Å². The second-order valence-electron chi connectivity index (χ2n) is 7.19. The number of aliphatic imine (C=N–C) groups is 1. The summed E-state index contributed by atoms with van der Waals surface area (Å²) in [5, 5.41) is 13.7. The largest absolute Gasteiger partial charge is 0.494 e. The van der Waals surface area contributed by atoms with E-state index >= 15 is 0 Å². The molecule has 0 saturated carbocycles. The Morgan fingerprint density at radius 3 is 2.61 bits per heavy atom. The fraction of sp³-hybridized carbons (Fsp3) is 0.0833. The van der Waals surface area contributed by atoms with Crippen LogP contribution in [0, 0.1) is 5.82 Å². The van der Waals surface area contributed by atoms with E-state index in [1.165, 1.54) is 25.3 Å². The topological polar surface area (TPSA) is 102 Å². The monoisotopic (exact) mass is 443 g/mol. The van der Waals surface area contributed by atoms with Crippen molar-refractivity contribution in [2.45, 2.75) is 6.17 Å². The molecule has 1 aromatic heterocycles. The average molecular weight is 443 g/mol. The second kappa shape index (κ2) is 8.54. The first kappa shape index (κ1) is 20.4. The Morgan fingerprint density at radius 2 is 1.79 bits per heavy atom. The summed E-state index contributed by atoms with van der Waals surface area (Å²) in [5.41, 5.74) is 3.42. The van der Waals surface area contributed by atoms with E-state index in [-0.39, 0.29) is 23.6 Å². The lowest BCUT2D eigenvalue weighted by molar-refractivity contribution is -0.116. The zero-order valence-electron chi connectivity index (χ0n) is 17.4. The summed E-state index contributed by atoms with van der Waals surface area (Å²) in [7, 11) is 1.37. The van der Waals surface area contributed by atoms with Gasteiger partial charge in [-0.2, -0.15) is 0 Å². The van der Waals surface area contributed by atoms with Gasteiger partial charge in [0.15, 0.2) is 11.6 Å². The van der Waals surface area contributed by atoms with E-state index in [9.17, 15) is 9.18 Å². The van der Waals surface area contributed by atoms with Crippen molar-refractivity contribution < 1.29 is 18.3 Å². The number of nitrogens with zero attached hydrogens (tertiary/aromatic N) is 3. The summed E-state index contributed by atoms with van der Waals surface area (Å²) in [5.74, 6) is -0.688. The highest BCUT2D eigenvalue weighted by Crippen LogP contribution is 2.28. The van der Waals surface area contributed by atoms with E-state index < -0.39 is 12.0 Å². The summed E-state index contributed by atoms with van der Waals surface area (Å²) in [6.45, 7) is 0. The smallest absolute Gasteiger partial charge is 0.317 e. The van der Waals surface area contributed by atoms with Crippen LogP contribution in [0.2, 0.25) is 0 Å². The number of halogens is 1. The third kappa shape index (κ3) is 4.03. The van der Waals surface area contributed by atoms with E-state index in [4.69, 9.17) is 9.15 Å². The van der Waals surface area contributed by atoms with Gasteiger partial charge in [-0.25, -0.2) is 9.38 Å². The van der Waals surface area contributed by atoms with Crippen molar-refractivity contribution in [3.8, 4) is 17.2 Å². The number of hydrogen-bond donors (Lipinski definition) is 2. The fourth-order valence-electron chi connectivity index (χ4n) is 3.49. The maximum Gasteiger partial charge on any atom is 0.317 e. The predicted octanol–water partition coefficient (Wildman–Crippen LogP) is 4.11. The standard InChI is InChI=1S/C24H18FN5O3/c1-32-19-13-15(11-12-17(19)25)23-29-30-24(33-23)28-21-22(31)26-18-10-6-5-9-16(18)20(27-21)14-7-3-2-4-8-14/h2-13,21H,1H3,(H,26,31)(H,28,30)/t21-/m1/s1. The van der Waals surface area contributed by atoms with Gasteiger partial charge in [-0.1, -0.05) is 53.6 Å². The molecule has 5 rings (SSSR count). The van der Waals surface area contributed by atoms with Crippen LogP contribution in [-0.4, -0.2) is 35.1 Å². The van der Waals surface area contributed by atoms with Gasteiger partial charge in [-0.3, -0.25) is 4.79 Å². The van der Waals surface area contributed by atoms with E-state index in [0.717, 1.165) is 11.1 Å². The highest BCUT2D eigenvalue weighted by atomic mass is 19.1. The molecule has 0 bridgehead atoms. The first-order chi connectivity index (χ1) is 16.1. The number of benzodiazepines with no additional fused rings is 1. The number of benzene rings is 3. The quantitative estimate of drug-likeness (QED) is 0.481. The van der Waals surface area contributed by atoms with Crippen molar-refractivity contribution in [1.82, 2.24) is 10.2 Å². The first-order valence-electron chi connectivity index (χ1n) is 10.1. The maximum absolute atomic E-state index is 13.7. The summed E-state index contributed by atoms with van der Waals surface area (Å²) >= 11 is 0. The summed E-state index contributed by atoms with van der Waals surface area (Å²) < 4.78 is 24.4. The molecule has 3 aromatic carbocycles. The van der Waals surface area contributed by atoms with Crippen molar-refractivity contribution >= 4 is 23.3 Å². The molecule has 4 aromatic rings. The molecule has 8 nitrogen and oxygen atoms in total. The van der Waals surface area contributed by atoms with Gasteiger partial charge in [0.05, 0.1) is 18.5 Å². The van der Waals surface area contributed by atoms with Crippen LogP contribution in [-0.2, 0) is 4.79 Å². The van der Waals surface area contributed by atoms with Crippen LogP contribution in [0.3, 0.4) is 0 Å². The van der Waals surface area contributed by atoms with Gasteiger partial charge in [-0.15, -0.1) is 5.10 Å². The van der Waals surface area contributed by atoms with Crippen molar-refractivity contribution in [2.24, 2.45) is 4.99 Å². The molecular formula is C24H18FN5O3. The fourth-order valence-corrected chi connectivity index (χ4v) is 3.49. The molecule has 1 aliphatic heterocycles. The lowest BCUT2D eigenvalue weighted by Crippen LogP contribution is -2.32. The molecule has 1 amide bonds. The minimum atomic E-state index is -1.02. The number of anilines is 2. The van der Waals surface area contributed by atoms with E-state index in [1.54, 1.807) is 0 Å². The molecule has 0 fully saturated rings. The molecular weight excluding hydrogens is 425 g/mol. The Balaban J connectivity index is 1.48. The van der Waals surface area contributed by atoms with E-state index in [1.807, 2.05) is 54.6 Å². The Hall–Kier alpha value is -4.53. The number of ether oxygens (including phenoxy) is 1. The number of rotatable bonds is 5. The summed E-state index contributed by atoms with van der Waals surface area (Å²) in [6, 6.07) is 21.2. The Kier molecular flexibility index (Phi) is 5.27. The second-order valence-corrected chi connectivity index (χ2v) is 7.19. The number of amides is 1. The summed E-state index contributed by atoms with van der Waals surface area (Å²) in [6.07, 6.45) is -1.02. The lowest BCUT2D eigenvalue weighted by Gasteiger charge is -2.11. The van der Waals surface area contributed by atoms with E-state index in [2.05, 4.69) is 25.8 Å². The minimum Gasteiger partial charge on any atom is -0.494 e. The number of methoxy groups -OCH3 is 1. The molecule has 9 heteroatoms. The van der Waals surface area contributed by atoms with Gasteiger partial charge in [-0.05, 0) is 24.3 Å². The maximum atomic E-state index is 13.7. The van der Waals surface area contributed by atoms with E-state index in [0.29, 0.717) is 17.0 Å². The first-order valence-corrected chi connectivity index (χ1v) is 10.1. The average Bonchev–Trinajstić information content (AvgIpc) is 3.26. The molecule has 2 N–H and O–H groups in total. The SMILES string of the molecule is COc1cc(-c2nnc(N[C@H]3N=C(c4ccccc4)c4ccccc4NC3=O)o2)ccc1F. The molecule has 164 valence electrons. The van der Waals surface area contributed by atoms with Gasteiger partial charge >= 0.3 is 6.01 Å². The molecule has 1 aliphatic rings. The number of aromatic nitrogens is 2. The van der Waals surface area contributed by atoms with Crippen molar-refractivity contribution in [3.05, 3.63) is 89.7 Å². The van der Waals surface area contributed by atoms with Gasteiger partial charge in [0.25, 0.3) is 5.91 Å². The highest BCUT2D eigenvalue weighted by molar-refractivity contribution is 6.19. The zero-order chi connectivity index (χ0) is 22.8. The molecule has 0 radical (unpaired) electrons. The van der Waals surface area contributed by atoms with Crippen LogP contribution in [0.5, 0.6) is 5.75 Å². The number of hydrogen-bond acceptors (Lipinski definition) is 7. The normalized spacial score (nSPS) is 15.2. The lowest BCUT2D eigenvalue weighted by atomic mass is 10.0. The highest BCUT2D eigenvalue weighted by Gasteiger charge is 2.27. The molecule has 2 heterocycles. The minimum absolute atomic E-state index is 0.00411. The van der Waals surface area contributed by atoms with Gasteiger partial charge in [0.1, 0.15) is 0 Å². The number of carbonyl (C=O) groups excluding carboxylic acids is 1. The number of fused-ring (bicyclic) bond motifs is 1. The van der Waals surface area contributed by atoms with Crippen molar-refractivity contribution in [3.63, 3.8) is 0 Å². The third-order valence-electron chi connectivity index (χ3n) is 5.08. The molecule has 0 saturated heterocycles. The molecule has 0 aliphatic carbocycles. The van der Waals surface area contributed by atoms with Gasteiger partial charge in [0.2, 0.25) is 12.1 Å². The number of para-hydroxylation sites is 1. The van der Waals surface area contributed by atoms with Crippen LogP contribution in [0.1, 0.15) is 11.1 Å². The van der Waals surface area contributed by atoms with Crippen molar-refractivity contribution in [2.75, 3.05) is 17.7 Å². The number of carbonyl (C=O) groups is 1. The van der Waals surface area contributed by atoms with Crippen LogP contribution in [0.15, 0.2) is 82.2 Å². The summed E-state index contributed by atoms with van der Waals surface area (Å²) in [4.78, 5) is 17.6. The molecule has 0 spiro atoms. The van der Waals surface area contributed by atoms with Crippen LogP contribution in [0.25, 0.3) is 11.5 Å². The third-order valence-corrected chi connectivity index (χ3v) is 5.08. The van der Waals surface area contributed by atoms with Gasteiger partial charge < -0.3 is 19.8 Å². The van der Waals surface area contributed by atoms with Crippen LogP contribution < -0.4 is 15.4 Å². The van der Waals surface area contributed by atoms with Gasteiger partial charge in [0, 0.05) is 16.7 Å².